The third-order valence-corrected chi connectivity index (χ3v) is 5.30. The first-order valence-electron chi connectivity index (χ1n) is 7.49. The molecule has 0 aliphatic carbocycles. The van der Waals surface area contributed by atoms with Crippen molar-refractivity contribution in [3.05, 3.63) is 0 Å². The Kier molecular flexibility index (Phi) is 5.59. The fraction of sp³-hybridized carbons (Fsp3) is 0.923. The largest absolute Gasteiger partial charge is 0.395 e. The highest BCUT2D eigenvalue weighted by molar-refractivity contribution is 7.89. The molecule has 2 rings (SSSR count). The van der Waals surface area contributed by atoms with Gasteiger partial charge in [-0.1, -0.05) is 0 Å². The molecule has 2 fully saturated rings. The van der Waals surface area contributed by atoms with Gasteiger partial charge in [0.15, 0.2) is 0 Å². The van der Waals surface area contributed by atoms with Crippen molar-refractivity contribution in [2.45, 2.75) is 19.3 Å². The van der Waals surface area contributed by atoms with E-state index in [2.05, 4.69) is 4.90 Å². The van der Waals surface area contributed by atoms with Crippen molar-refractivity contribution in [2.75, 3.05) is 45.1 Å². The molecule has 2 aliphatic rings. The average molecular weight is 319 g/mol. The highest BCUT2D eigenvalue weighted by Crippen LogP contribution is 2.24. The van der Waals surface area contributed by atoms with Crippen LogP contribution in [0.4, 0.5) is 0 Å². The topological polar surface area (TPSA) is 104 Å². The highest BCUT2D eigenvalue weighted by Gasteiger charge is 2.33. The number of β-amino-alcohol motifs (C(OH)–C–C–N with tert-alkyl or cyclic N) is 1. The summed E-state index contributed by atoms with van der Waals surface area (Å²) in [6.07, 6.45) is 2.33. The van der Waals surface area contributed by atoms with Crippen molar-refractivity contribution in [1.82, 2.24) is 9.80 Å². The van der Waals surface area contributed by atoms with E-state index in [0.717, 1.165) is 25.9 Å². The second-order valence-corrected chi connectivity index (χ2v) is 7.87. The van der Waals surface area contributed by atoms with Gasteiger partial charge in [-0.15, -0.1) is 0 Å². The molecule has 1 amide bonds. The number of carbonyl (C=O) groups excluding carboxylic acids is 1. The molecule has 2 heterocycles. The number of piperidine rings is 1. The normalized spacial score (nSPS) is 25.7. The Morgan fingerprint density at radius 1 is 1.24 bits per heavy atom. The Balaban J connectivity index is 1.78. The molecule has 8 heteroatoms. The van der Waals surface area contributed by atoms with Crippen LogP contribution in [0.3, 0.4) is 0 Å². The Hall–Kier alpha value is -0.700. The van der Waals surface area contributed by atoms with E-state index in [1.165, 1.54) is 0 Å². The summed E-state index contributed by atoms with van der Waals surface area (Å²) in [6.45, 7) is 4.02. The zero-order chi connectivity index (χ0) is 15.5. The summed E-state index contributed by atoms with van der Waals surface area (Å²) in [5.41, 5.74) is 0. The van der Waals surface area contributed by atoms with Gasteiger partial charge in [-0.2, -0.15) is 0 Å². The highest BCUT2D eigenvalue weighted by atomic mass is 32.2. The van der Waals surface area contributed by atoms with Crippen LogP contribution in [0, 0.1) is 11.8 Å². The molecule has 3 N–H and O–H groups in total. The average Bonchev–Trinajstić information content (AvgIpc) is 2.70. The van der Waals surface area contributed by atoms with Gasteiger partial charge in [0.05, 0.1) is 12.4 Å². The van der Waals surface area contributed by atoms with Crippen LogP contribution in [0.5, 0.6) is 0 Å². The Labute approximate surface area is 126 Å². The lowest BCUT2D eigenvalue weighted by molar-refractivity contribution is -0.128. The molecule has 0 aromatic rings. The van der Waals surface area contributed by atoms with Gasteiger partial charge < -0.3 is 14.9 Å². The Morgan fingerprint density at radius 2 is 1.90 bits per heavy atom. The van der Waals surface area contributed by atoms with E-state index in [1.54, 1.807) is 4.90 Å². The van der Waals surface area contributed by atoms with Crippen molar-refractivity contribution in [3.8, 4) is 0 Å². The number of nitrogens with zero attached hydrogens (tertiary/aromatic N) is 2. The SMILES string of the molecule is NS(=O)(=O)CC1CC(=O)N(CC2CCN(CCO)CC2)C1. The number of sulfonamides is 1. The van der Waals surface area contributed by atoms with Gasteiger partial charge in [0.25, 0.3) is 0 Å². The van der Waals surface area contributed by atoms with E-state index in [1.807, 2.05) is 0 Å². The quantitative estimate of drug-likeness (QED) is 0.642. The van der Waals surface area contributed by atoms with Crippen LogP contribution in [0.25, 0.3) is 0 Å². The lowest BCUT2D eigenvalue weighted by Gasteiger charge is -2.33. The molecule has 0 spiro atoms. The number of primary sulfonamides is 1. The maximum Gasteiger partial charge on any atom is 0.222 e. The van der Waals surface area contributed by atoms with Crippen LogP contribution >= 0.6 is 0 Å². The number of carbonyl (C=O) groups is 1. The molecule has 0 radical (unpaired) electrons. The van der Waals surface area contributed by atoms with E-state index in [4.69, 9.17) is 10.2 Å². The number of nitrogens with two attached hydrogens (primary N) is 1. The summed E-state index contributed by atoms with van der Waals surface area (Å²) in [5, 5.41) is 14.0. The molecular weight excluding hydrogens is 294 g/mol. The molecule has 122 valence electrons. The summed E-state index contributed by atoms with van der Waals surface area (Å²) in [5.74, 6) is 0.241. The van der Waals surface area contributed by atoms with Gasteiger partial charge >= 0.3 is 0 Å². The van der Waals surface area contributed by atoms with Crippen molar-refractivity contribution in [2.24, 2.45) is 17.0 Å². The minimum absolute atomic E-state index is 0.0430. The number of hydrogen-bond donors (Lipinski definition) is 2. The number of aliphatic hydroxyl groups excluding tert-OH is 1. The van der Waals surface area contributed by atoms with Crippen LogP contribution in [-0.4, -0.2) is 74.3 Å². The maximum absolute atomic E-state index is 12.0. The number of likely N-dealkylation sites (tertiary alicyclic amines) is 2. The molecule has 0 saturated carbocycles. The number of amides is 1. The number of rotatable bonds is 6. The van der Waals surface area contributed by atoms with Gasteiger partial charge in [0.2, 0.25) is 15.9 Å². The monoisotopic (exact) mass is 319 g/mol. The third kappa shape index (κ3) is 5.21. The third-order valence-electron chi connectivity index (χ3n) is 4.36. The fourth-order valence-corrected chi connectivity index (χ4v) is 4.20. The first-order chi connectivity index (χ1) is 9.87. The molecule has 7 nitrogen and oxygen atoms in total. The van der Waals surface area contributed by atoms with Gasteiger partial charge in [-0.05, 0) is 31.8 Å². The zero-order valence-electron chi connectivity index (χ0n) is 12.3. The molecule has 0 bridgehead atoms. The van der Waals surface area contributed by atoms with Crippen molar-refractivity contribution >= 4 is 15.9 Å². The van der Waals surface area contributed by atoms with E-state index < -0.39 is 10.0 Å². The van der Waals surface area contributed by atoms with Crippen LogP contribution in [-0.2, 0) is 14.8 Å². The summed E-state index contributed by atoms with van der Waals surface area (Å²) in [7, 11) is -3.51. The number of aliphatic hydroxyl groups is 1. The lowest BCUT2D eigenvalue weighted by atomic mass is 9.96. The molecule has 2 saturated heterocycles. The second kappa shape index (κ2) is 7.04. The molecule has 1 atom stereocenters. The lowest BCUT2D eigenvalue weighted by Crippen LogP contribution is -2.40. The minimum atomic E-state index is -3.51. The van der Waals surface area contributed by atoms with Gasteiger partial charge in [0.1, 0.15) is 0 Å². The molecule has 0 aromatic carbocycles. The summed E-state index contributed by atoms with van der Waals surface area (Å²) in [4.78, 5) is 16.0. The fourth-order valence-electron chi connectivity index (χ4n) is 3.32. The Morgan fingerprint density at radius 3 is 2.48 bits per heavy atom. The van der Waals surface area contributed by atoms with Crippen molar-refractivity contribution in [1.29, 1.82) is 0 Å². The number of hydrogen-bond acceptors (Lipinski definition) is 5. The van der Waals surface area contributed by atoms with E-state index in [9.17, 15) is 13.2 Å². The van der Waals surface area contributed by atoms with E-state index >= 15 is 0 Å². The van der Waals surface area contributed by atoms with Gasteiger partial charge in [-0.25, -0.2) is 13.6 Å². The van der Waals surface area contributed by atoms with Crippen LogP contribution < -0.4 is 5.14 Å². The summed E-state index contributed by atoms with van der Waals surface area (Å²) < 4.78 is 22.2. The maximum atomic E-state index is 12.0. The molecule has 0 aromatic heterocycles. The predicted molar refractivity (Wildman–Crippen MR) is 78.9 cm³/mol. The molecular formula is C13H25N3O4S. The summed E-state index contributed by atoms with van der Waals surface area (Å²) >= 11 is 0. The first-order valence-corrected chi connectivity index (χ1v) is 9.20. The van der Waals surface area contributed by atoms with Crippen LogP contribution in [0.2, 0.25) is 0 Å². The molecule has 1 unspecified atom stereocenters. The van der Waals surface area contributed by atoms with Crippen LogP contribution in [0.1, 0.15) is 19.3 Å². The smallest absolute Gasteiger partial charge is 0.222 e. The van der Waals surface area contributed by atoms with Gasteiger partial charge in [-0.3, -0.25) is 4.79 Å². The second-order valence-electron chi connectivity index (χ2n) is 6.21. The van der Waals surface area contributed by atoms with E-state index in [0.29, 0.717) is 32.0 Å². The van der Waals surface area contributed by atoms with Crippen molar-refractivity contribution in [3.63, 3.8) is 0 Å². The standard InChI is InChI=1S/C13H25N3O4S/c14-21(19,20)10-12-7-13(18)16(9-12)8-11-1-3-15(4-2-11)5-6-17/h11-12,17H,1-10H2,(H2,14,19,20). The first kappa shape index (κ1) is 16.7. The van der Waals surface area contributed by atoms with Crippen LogP contribution in [0.15, 0.2) is 0 Å². The van der Waals surface area contributed by atoms with Crippen molar-refractivity contribution < 1.29 is 18.3 Å². The van der Waals surface area contributed by atoms with E-state index in [-0.39, 0.29) is 24.2 Å². The Bertz CT molecular complexity index is 460. The minimum Gasteiger partial charge on any atom is -0.395 e. The summed E-state index contributed by atoms with van der Waals surface area (Å²) in [6, 6.07) is 0. The molecule has 21 heavy (non-hydrogen) atoms. The molecule has 2 aliphatic heterocycles. The van der Waals surface area contributed by atoms with Gasteiger partial charge in [0, 0.05) is 32.0 Å². The predicted octanol–water partition coefficient (Wildman–Crippen LogP) is -1.17. The zero-order valence-corrected chi connectivity index (χ0v) is 13.1.